The van der Waals surface area contributed by atoms with Crippen molar-refractivity contribution >= 4 is 34.8 Å². The standard InChI is InChI=1S/C23H27N3O4S/c1-2-29-14-15-30-20-11-4-3-10-19(20)21(27)25-23(31)24-18-9-7-8-17(16-18)22(28)26-12-5-6-13-26/h3-4,7-11,16H,2,5-6,12-15H2,1H3,(H2,24,25,27,31). The van der Waals surface area contributed by atoms with E-state index >= 15 is 0 Å². The summed E-state index contributed by atoms with van der Waals surface area (Å²) < 4.78 is 10.9. The van der Waals surface area contributed by atoms with Gasteiger partial charge in [-0.25, -0.2) is 0 Å². The third kappa shape index (κ3) is 6.50. The fourth-order valence-electron chi connectivity index (χ4n) is 3.30. The fourth-order valence-corrected chi connectivity index (χ4v) is 3.51. The molecule has 0 atom stereocenters. The van der Waals surface area contributed by atoms with E-state index in [0.29, 0.717) is 42.4 Å². The molecule has 164 valence electrons. The second kappa shape index (κ2) is 11.4. The highest BCUT2D eigenvalue weighted by Crippen LogP contribution is 2.19. The molecule has 0 aromatic heterocycles. The van der Waals surface area contributed by atoms with E-state index in [1.165, 1.54) is 0 Å². The highest BCUT2D eigenvalue weighted by atomic mass is 32.1. The molecule has 0 bridgehead atoms. The van der Waals surface area contributed by atoms with Crippen LogP contribution < -0.4 is 15.4 Å². The van der Waals surface area contributed by atoms with Crippen molar-refractivity contribution < 1.29 is 19.1 Å². The molecule has 1 heterocycles. The SMILES string of the molecule is CCOCCOc1ccccc1C(=O)NC(=S)Nc1cccc(C(=O)N2CCCC2)c1. The minimum atomic E-state index is -0.381. The summed E-state index contributed by atoms with van der Waals surface area (Å²) in [4.78, 5) is 27.1. The second-order valence-electron chi connectivity index (χ2n) is 7.03. The van der Waals surface area contributed by atoms with Crippen molar-refractivity contribution in [3.63, 3.8) is 0 Å². The first-order chi connectivity index (χ1) is 15.1. The van der Waals surface area contributed by atoms with Gasteiger partial charge in [0.25, 0.3) is 11.8 Å². The Morgan fingerprint density at radius 3 is 2.61 bits per heavy atom. The Morgan fingerprint density at radius 1 is 1.06 bits per heavy atom. The van der Waals surface area contributed by atoms with E-state index in [1.54, 1.807) is 48.5 Å². The number of carbonyl (C=O) groups is 2. The van der Waals surface area contributed by atoms with Gasteiger partial charge in [-0.2, -0.15) is 0 Å². The van der Waals surface area contributed by atoms with Crippen LogP contribution in [0.2, 0.25) is 0 Å². The van der Waals surface area contributed by atoms with Crippen molar-refractivity contribution in [2.24, 2.45) is 0 Å². The lowest BCUT2D eigenvalue weighted by Crippen LogP contribution is -2.34. The van der Waals surface area contributed by atoms with Crippen molar-refractivity contribution in [1.82, 2.24) is 10.2 Å². The van der Waals surface area contributed by atoms with E-state index < -0.39 is 0 Å². The van der Waals surface area contributed by atoms with Gasteiger partial charge in [0.05, 0.1) is 12.2 Å². The van der Waals surface area contributed by atoms with Crippen molar-refractivity contribution in [3.05, 3.63) is 59.7 Å². The van der Waals surface area contributed by atoms with Gasteiger partial charge in [0.2, 0.25) is 0 Å². The maximum absolute atomic E-state index is 12.7. The van der Waals surface area contributed by atoms with Crippen molar-refractivity contribution in [2.75, 3.05) is 38.2 Å². The molecule has 0 saturated carbocycles. The Morgan fingerprint density at radius 2 is 1.84 bits per heavy atom. The summed E-state index contributed by atoms with van der Waals surface area (Å²) in [6, 6.07) is 14.1. The number of hydrogen-bond donors (Lipinski definition) is 2. The predicted molar refractivity (Wildman–Crippen MR) is 124 cm³/mol. The summed E-state index contributed by atoms with van der Waals surface area (Å²) >= 11 is 5.29. The topological polar surface area (TPSA) is 79.9 Å². The molecule has 2 amide bonds. The van der Waals surface area contributed by atoms with Crippen LogP contribution in [0.15, 0.2) is 48.5 Å². The number of amides is 2. The van der Waals surface area contributed by atoms with Gasteiger partial charge in [0, 0.05) is 30.9 Å². The van der Waals surface area contributed by atoms with Crippen LogP contribution in [0.1, 0.15) is 40.5 Å². The smallest absolute Gasteiger partial charge is 0.261 e. The number of anilines is 1. The molecule has 2 aromatic rings. The number of thiocarbonyl (C=S) groups is 1. The summed E-state index contributed by atoms with van der Waals surface area (Å²) in [6.45, 7) is 4.88. The number of nitrogens with zero attached hydrogens (tertiary/aromatic N) is 1. The lowest BCUT2D eigenvalue weighted by Gasteiger charge is -2.16. The van der Waals surface area contributed by atoms with Crippen LogP contribution in [-0.4, -0.2) is 54.7 Å². The molecule has 8 heteroatoms. The number of nitrogens with one attached hydrogen (secondary N) is 2. The second-order valence-corrected chi connectivity index (χ2v) is 7.44. The fraction of sp³-hybridized carbons (Fsp3) is 0.348. The Labute approximate surface area is 187 Å². The van der Waals surface area contributed by atoms with Gasteiger partial charge in [0.15, 0.2) is 5.11 Å². The molecular weight excluding hydrogens is 414 g/mol. The molecular formula is C23H27N3O4S. The molecule has 7 nitrogen and oxygen atoms in total. The summed E-state index contributed by atoms with van der Waals surface area (Å²) in [7, 11) is 0. The number of rotatable bonds is 8. The van der Waals surface area contributed by atoms with Crippen molar-refractivity contribution in [3.8, 4) is 5.75 Å². The van der Waals surface area contributed by atoms with E-state index in [2.05, 4.69) is 10.6 Å². The van der Waals surface area contributed by atoms with E-state index in [1.807, 2.05) is 11.8 Å². The third-order valence-electron chi connectivity index (χ3n) is 4.81. The minimum Gasteiger partial charge on any atom is -0.490 e. The van der Waals surface area contributed by atoms with E-state index in [9.17, 15) is 9.59 Å². The largest absolute Gasteiger partial charge is 0.490 e. The summed E-state index contributed by atoms with van der Waals surface area (Å²) in [6.07, 6.45) is 2.08. The number of benzene rings is 2. The van der Waals surface area contributed by atoms with Crippen LogP contribution >= 0.6 is 12.2 Å². The molecule has 1 aliphatic heterocycles. The van der Waals surface area contributed by atoms with Gasteiger partial charge < -0.3 is 19.7 Å². The van der Waals surface area contributed by atoms with Gasteiger partial charge in [-0.05, 0) is 62.3 Å². The number of likely N-dealkylation sites (tertiary alicyclic amines) is 1. The van der Waals surface area contributed by atoms with Gasteiger partial charge in [0.1, 0.15) is 12.4 Å². The molecule has 2 aromatic carbocycles. The molecule has 31 heavy (non-hydrogen) atoms. The lowest BCUT2D eigenvalue weighted by atomic mass is 10.1. The number of para-hydroxylation sites is 1. The van der Waals surface area contributed by atoms with Crippen LogP contribution in [0.25, 0.3) is 0 Å². The first-order valence-electron chi connectivity index (χ1n) is 10.4. The monoisotopic (exact) mass is 441 g/mol. The number of carbonyl (C=O) groups excluding carboxylic acids is 2. The molecule has 0 unspecified atom stereocenters. The first kappa shape index (κ1) is 22.7. The predicted octanol–water partition coefficient (Wildman–Crippen LogP) is 3.46. The summed E-state index contributed by atoms with van der Waals surface area (Å²) in [5.41, 5.74) is 1.60. The molecule has 0 aliphatic carbocycles. The van der Waals surface area contributed by atoms with Crippen LogP contribution in [0.3, 0.4) is 0 Å². The number of hydrogen-bond acceptors (Lipinski definition) is 5. The summed E-state index contributed by atoms with van der Waals surface area (Å²) in [5.74, 6) is 0.0868. The molecule has 3 rings (SSSR count). The highest BCUT2D eigenvalue weighted by Gasteiger charge is 2.20. The molecule has 2 N–H and O–H groups in total. The lowest BCUT2D eigenvalue weighted by molar-refractivity contribution is 0.0792. The molecule has 1 saturated heterocycles. The number of ether oxygens (including phenoxy) is 2. The van der Waals surface area contributed by atoms with Crippen LogP contribution in [0, 0.1) is 0 Å². The minimum absolute atomic E-state index is 0.00855. The van der Waals surface area contributed by atoms with Crippen molar-refractivity contribution in [1.29, 1.82) is 0 Å². The highest BCUT2D eigenvalue weighted by molar-refractivity contribution is 7.80. The zero-order valence-electron chi connectivity index (χ0n) is 17.6. The normalized spacial score (nSPS) is 13.0. The Kier molecular flexibility index (Phi) is 8.37. The third-order valence-corrected chi connectivity index (χ3v) is 5.01. The van der Waals surface area contributed by atoms with Gasteiger partial charge in [-0.3, -0.25) is 14.9 Å². The average molecular weight is 442 g/mol. The molecule has 1 fully saturated rings. The Hall–Kier alpha value is -2.97. The molecule has 1 aliphatic rings. The molecule has 0 radical (unpaired) electrons. The molecule has 0 spiro atoms. The Bertz CT molecular complexity index is 929. The quantitative estimate of drug-likeness (QED) is 0.482. The first-order valence-corrected chi connectivity index (χ1v) is 10.8. The van der Waals surface area contributed by atoms with Crippen LogP contribution in [0.5, 0.6) is 5.75 Å². The van der Waals surface area contributed by atoms with Gasteiger partial charge >= 0.3 is 0 Å². The van der Waals surface area contributed by atoms with Crippen LogP contribution in [0.4, 0.5) is 5.69 Å². The summed E-state index contributed by atoms with van der Waals surface area (Å²) in [5, 5.41) is 5.78. The zero-order valence-corrected chi connectivity index (χ0v) is 18.4. The van der Waals surface area contributed by atoms with Gasteiger partial charge in [-0.15, -0.1) is 0 Å². The van der Waals surface area contributed by atoms with E-state index in [-0.39, 0.29) is 16.9 Å². The van der Waals surface area contributed by atoms with E-state index in [4.69, 9.17) is 21.7 Å². The van der Waals surface area contributed by atoms with Crippen LogP contribution in [-0.2, 0) is 4.74 Å². The van der Waals surface area contributed by atoms with E-state index in [0.717, 1.165) is 25.9 Å². The maximum atomic E-state index is 12.7. The zero-order chi connectivity index (χ0) is 22.1. The van der Waals surface area contributed by atoms with Gasteiger partial charge in [-0.1, -0.05) is 18.2 Å². The maximum Gasteiger partial charge on any atom is 0.261 e. The van der Waals surface area contributed by atoms with Crippen molar-refractivity contribution in [2.45, 2.75) is 19.8 Å². The average Bonchev–Trinajstić information content (AvgIpc) is 3.31. The Balaban J connectivity index is 1.59.